The molecule has 0 aliphatic carbocycles. The zero-order chi connectivity index (χ0) is 15.5. The fourth-order valence-electron chi connectivity index (χ4n) is 2.28. The van der Waals surface area contributed by atoms with E-state index in [2.05, 4.69) is 10.3 Å². The minimum atomic E-state index is -4.40. The molecule has 1 heterocycles. The second-order valence-corrected chi connectivity index (χ2v) is 5.27. The predicted molar refractivity (Wildman–Crippen MR) is 78.4 cm³/mol. The van der Waals surface area contributed by atoms with Gasteiger partial charge in [0.15, 0.2) is 0 Å². The minimum absolute atomic E-state index is 0.133. The topological polar surface area (TPSA) is 24.9 Å². The number of pyridine rings is 1. The van der Waals surface area contributed by atoms with Crippen LogP contribution in [-0.2, 0) is 6.18 Å². The highest BCUT2D eigenvalue weighted by Gasteiger charge is 2.35. The number of alkyl halides is 3. The smallest absolute Gasteiger partial charge is 0.309 e. The molecule has 2 rings (SSSR count). The molecule has 0 bridgehead atoms. The van der Waals surface area contributed by atoms with E-state index in [4.69, 9.17) is 0 Å². The average Bonchev–Trinajstić information content (AvgIpc) is 2.48. The number of aromatic nitrogens is 1. The third-order valence-corrected chi connectivity index (χ3v) is 4.02. The second-order valence-electron chi connectivity index (χ2n) is 4.42. The van der Waals surface area contributed by atoms with Crippen molar-refractivity contribution in [2.24, 2.45) is 0 Å². The third kappa shape index (κ3) is 3.39. The Morgan fingerprint density at radius 2 is 1.86 bits per heavy atom. The van der Waals surface area contributed by atoms with Gasteiger partial charge in [-0.05, 0) is 31.0 Å². The van der Waals surface area contributed by atoms with Gasteiger partial charge in [0.1, 0.15) is 0 Å². The van der Waals surface area contributed by atoms with Crippen LogP contribution in [0.2, 0.25) is 0 Å². The summed E-state index contributed by atoms with van der Waals surface area (Å²) in [6, 6.07) is 7.88. The number of rotatable bonds is 4. The first-order chi connectivity index (χ1) is 9.99. The molecule has 0 spiro atoms. The van der Waals surface area contributed by atoms with Crippen LogP contribution in [0.25, 0.3) is 0 Å². The third-order valence-electron chi connectivity index (χ3n) is 3.21. The summed E-state index contributed by atoms with van der Waals surface area (Å²) in [5, 5.41) is 2.97. The maximum absolute atomic E-state index is 13.2. The van der Waals surface area contributed by atoms with Crippen LogP contribution in [0.3, 0.4) is 0 Å². The van der Waals surface area contributed by atoms with E-state index in [-0.39, 0.29) is 5.56 Å². The molecule has 2 nitrogen and oxygen atoms in total. The molecule has 6 heteroatoms. The van der Waals surface area contributed by atoms with Gasteiger partial charge < -0.3 is 5.32 Å². The van der Waals surface area contributed by atoms with Gasteiger partial charge in [0, 0.05) is 22.9 Å². The number of nitrogens with one attached hydrogen (secondary N) is 1. The maximum Gasteiger partial charge on any atom is 0.416 e. The molecule has 1 atom stereocenters. The molecule has 1 unspecified atom stereocenters. The Morgan fingerprint density at radius 1 is 1.14 bits per heavy atom. The van der Waals surface area contributed by atoms with Gasteiger partial charge in [0.2, 0.25) is 0 Å². The minimum Gasteiger partial charge on any atom is -0.309 e. The predicted octanol–water partition coefficient (Wildman–Crippen LogP) is 4.13. The zero-order valence-electron chi connectivity index (χ0n) is 11.6. The summed E-state index contributed by atoms with van der Waals surface area (Å²) in [4.78, 5) is 4.80. The summed E-state index contributed by atoms with van der Waals surface area (Å²) < 4.78 is 39.5. The van der Waals surface area contributed by atoms with Crippen LogP contribution in [0.4, 0.5) is 13.2 Å². The molecule has 0 aliphatic rings. The molecule has 0 amide bonds. The van der Waals surface area contributed by atoms with Gasteiger partial charge in [-0.1, -0.05) is 18.2 Å². The van der Waals surface area contributed by atoms with E-state index in [0.717, 1.165) is 16.5 Å². The van der Waals surface area contributed by atoms with Crippen LogP contribution in [0.15, 0.2) is 47.6 Å². The first-order valence-corrected chi connectivity index (χ1v) is 7.52. The van der Waals surface area contributed by atoms with Crippen LogP contribution in [-0.4, -0.2) is 18.3 Å². The Bertz CT molecular complexity index is 614. The fourth-order valence-corrected chi connectivity index (χ4v) is 2.91. The van der Waals surface area contributed by atoms with Gasteiger partial charge in [-0.15, -0.1) is 11.8 Å². The summed E-state index contributed by atoms with van der Waals surface area (Å²) in [6.45, 7) is 0. The maximum atomic E-state index is 13.2. The quantitative estimate of drug-likeness (QED) is 0.859. The Hall–Kier alpha value is -1.53. The molecule has 0 aliphatic heterocycles. The van der Waals surface area contributed by atoms with Gasteiger partial charge in [0.25, 0.3) is 0 Å². The van der Waals surface area contributed by atoms with Crippen LogP contribution < -0.4 is 5.32 Å². The summed E-state index contributed by atoms with van der Waals surface area (Å²) >= 11 is 1.51. The molecular formula is C15H15F3N2S. The van der Waals surface area contributed by atoms with E-state index in [0.29, 0.717) is 0 Å². The number of halogens is 3. The number of hydrogen-bond donors (Lipinski definition) is 1. The largest absolute Gasteiger partial charge is 0.416 e. The monoisotopic (exact) mass is 312 g/mol. The molecule has 21 heavy (non-hydrogen) atoms. The molecule has 0 radical (unpaired) electrons. The second kappa shape index (κ2) is 6.49. The van der Waals surface area contributed by atoms with Crippen LogP contribution >= 0.6 is 11.8 Å². The van der Waals surface area contributed by atoms with Crippen molar-refractivity contribution in [3.8, 4) is 0 Å². The highest BCUT2D eigenvalue weighted by molar-refractivity contribution is 7.98. The van der Waals surface area contributed by atoms with Crippen molar-refractivity contribution in [2.75, 3.05) is 13.3 Å². The first kappa shape index (κ1) is 15.9. The standard InChI is InChI=1S/C15H15F3N2S/c1-19-14(10-5-3-4-6-13(10)21-2)11-9-20-8-7-12(11)15(16,17)18/h3-9,14,19H,1-2H3. The molecule has 1 N–H and O–H groups in total. The van der Waals surface area contributed by atoms with Gasteiger partial charge in [-0.3, -0.25) is 4.98 Å². The number of nitrogens with zero attached hydrogens (tertiary/aromatic N) is 1. The summed E-state index contributed by atoms with van der Waals surface area (Å²) in [5.74, 6) is 0. The van der Waals surface area contributed by atoms with Crippen LogP contribution in [0, 0.1) is 0 Å². The molecular weight excluding hydrogens is 297 g/mol. The lowest BCUT2D eigenvalue weighted by atomic mass is 9.96. The number of hydrogen-bond acceptors (Lipinski definition) is 3. The van der Waals surface area contributed by atoms with E-state index >= 15 is 0 Å². The first-order valence-electron chi connectivity index (χ1n) is 6.30. The lowest BCUT2D eigenvalue weighted by Gasteiger charge is -2.23. The molecule has 112 valence electrons. The number of benzene rings is 1. The van der Waals surface area contributed by atoms with E-state index in [1.54, 1.807) is 7.05 Å². The van der Waals surface area contributed by atoms with Crippen LogP contribution in [0.5, 0.6) is 0 Å². The van der Waals surface area contributed by atoms with Crippen molar-refractivity contribution in [3.63, 3.8) is 0 Å². The highest BCUT2D eigenvalue weighted by atomic mass is 32.2. The Morgan fingerprint density at radius 3 is 2.48 bits per heavy atom. The lowest BCUT2D eigenvalue weighted by molar-refractivity contribution is -0.138. The Kier molecular flexibility index (Phi) is 4.90. The SMILES string of the molecule is CNC(c1ccccc1SC)c1cnccc1C(F)(F)F. The number of thioether (sulfide) groups is 1. The summed E-state index contributed by atoms with van der Waals surface area (Å²) in [6.07, 6.45) is -0.0538. The molecule has 0 saturated carbocycles. The van der Waals surface area contributed by atoms with Crippen LogP contribution in [0.1, 0.15) is 22.7 Å². The van der Waals surface area contributed by atoms with Crippen molar-refractivity contribution >= 4 is 11.8 Å². The normalized spacial score (nSPS) is 13.2. The van der Waals surface area contributed by atoms with Crippen molar-refractivity contribution in [1.29, 1.82) is 0 Å². The molecule has 1 aromatic heterocycles. The lowest BCUT2D eigenvalue weighted by Crippen LogP contribution is -2.22. The Balaban J connectivity index is 2.58. The summed E-state index contributed by atoms with van der Waals surface area (Å²) in [5.41, 5.74) is 0.285. The van der Waals surface area contributed by atoms with Crippen molar-refractivity contribution < 1.29 is 13.2 Å². The van der Waals surface area contributed by atoms with E-state index < -0.39 is 17.8 Å². The van der Waals surface area contributed by atoms with Gasteiger partial charge >= 0.3 is 6.18 Å². The Labute approximate surface area is 125 Å². The van der Waals surface area contributed by atoms with Crippen molar-refractivity contribution in [2.45, 2.75) is 17.1 Å². The van der Waals surface area contributed by atoms with E-state index in [1.807, 2.05) is 30.5 Å². The fraction of sp³-hybridized carbons (Fsp3) is 0.267. The van der Waals surface area contributed by atoms with Gasteiger partial charge in [0.05, 0.1) is 11.6 Å². The van der Waals surface area contributed by atoms with Gasteiger partial charge in [-0.25, -0.2) is 0 Å². The zero-order valence-corrected chi connectivity index (χ0v) is 12.4. The molecule has 1 aromatic carbocycles. The van der Waals surface area contributed by atoms with Gasteiger partial charge in [-0.2, -0.15) is 13.2 Å². The van der Waals surface area contributed by atoms with Crippen molar-refractivity contribution in [1.82, 2.24) is 10.3 Å². The average molecular weight is 312 g/mol. The van der Waals surface area contributed by atoms with E-state index in [9.17, 15) is 13.2 Å². The van der Waals surface area contributed by atoms with E-state index in [1.165, 1.54) is 24.2 Å². The van der Waals surface area contributed by atoms with Crippen molar-refractivity contribution in [3.05, 3.63) is 59.4 Å². The molecule has 2 aromatic rings. The molecule has 0 saturated heterocycles. The molecule has 0 fully saturated rings. The summed E-state index contributed by atoms with van der Waals surface area (Å²) in [7, 11) is 1.65. The highest BCUT2D eigenvalue weighted by Crippen LogP contribution is 2.37.